The van der Waals surface area contributed by atoms with Gasteiger partial charge in [0.25, 0.3) is 5.91 Å². The molecule has 2 rings (SSSR count). The third-order valence-corrected chi connectivity index (χ3v) is 6.60. The number of hydrogen-bond donors (Lipinski definition) is 1. The number of methoxy groups -OCH3 is 1. The summed E-state index contributed by atoms with van der Waals surface area (Å²) < 4.78 is 121. The Hall–Kier alpha value is -3.64. The number of rotatable bonds is 11. The minimum Gasteiger partial charge on any atom is -0.477 e. The van der Waals surface area contributed by atoms with Crippen molar-refractivity contribution >= 4 is 29.8 Å². The molecule has 250 valence electrons. The van der Waals surface area contributed by atoms with Gasteiger partial charge < -0.3 is 29.0 Å². The van der Waals surface area contributed by atoms with Gasteiger partial charge in [-0.25, -0.2) is 4.79 Å². The van der Waals surface area contributed by atoms with Crippen molar-refractivity contribution in [3.05, 3.63) is 11.8 Å². The molecule has 2 aliphatic heterocycles. The third-order valence-electron chi connectivity index (χ3n) is 6.60. The number of piperidine rings is 1. The van der Waals surface area contributed by atoms with Crippen LogP contribution < -0.4 is 5.32 Å². The van der Waals surface area contributed by atoms with Crippen molar-refractivity contribution in [3.63, 3.8) is 0 Å². The Morgan fingerprint density at radius 1 is 0.932 bits per heavy atom. The molecule has 12 nitrogen and oxygen atoms in total. The first-order valence-electron chi connectivity index (χ1n) is 13.1. The molecule has 19 heteroatoms. The van der Waals surface area contributed by atoms with Crippen molar-refractivity contribution in [3.8, 4) is 0 Å². The van der Waals surface area contributed by atoms with E-state index in [0.717, 1.165) is 34.0 Å². The maximum absolute atomic E-state index is 14.5. The van der Waals surface area contributed by atoms with Crippen LogP contribution in [0.2, 0.25) is 0 Å². The highest BCUT2D eigenvalue weighted by molar-refractivity contribution is 5.87. The second kappa shape index (κ2) is 14.4. The summed E-state index contributed by atoms with van der Waals surface area (Å²) in [6, 6.07) is -3.50. The number of halogens is 7. The van der Waals surface area contributed by atoms with Gasteiger partial charge in [0.05, 0.1) is 19.2 Å². The smallest absolute Gasteiger partial charge is 0.460 e. The van der Waals surface area contributed by atoms with Crippen LogP contribution in [0.5, 0.6) is 0 Å². The van der Waals surface area contributed by atoms with Crippen molar-refractivity contribution in [2.24, 2.45) is 0 Å². The van der Waals surface area contributed by atoms with E-state index in [0.29, 0.717) is 19.3 Å². The van der Waals surface area contributed by atoms with Crippen LogP contribution in [0.25, 0.3) is 0 Å². The van der Waals surface area contributed by atoms with Gasteiger partial charge in [-0.2, -0.15) is 30.7 Å². The van der Waals surface area contributed by atoms with E-state index in [1.165, 1.54) is 10.2 Å². The van der Waals surface area contributed by atoms with Gasteiger partial charge in [-0.1, -0.05) is 6.42 Å². The maximum Gasteiger partial charge on any atom is 0.460 e. The molecule has 0 bridgehead atoms. The van der Waals surface area contributed by atoms with Gasteiger partial charge in [-0.05, 0) is 32.0 Å². The third kappa shape index (κ3) is 8.50. The Balaban J connectivity index is 2.77. The molecule has 1 saturated heterocycles. The van der Waals surface area contributed by atoms with Crippen LogP contribution in [0.15, 0.2) is 11.8 Å². The van der Waals surface area contributed by atoms with E-state index in [-0.39, 0.29) is 13.1 Å². The van der Waals surface area contributed by atoms with Crippen molar-refractivity contribution < 1.29 is 78.4 Å². The predicted octanol–water partition coefficient (Wildman–Crippen LogP) is 2.04. The number of nitrogens with one attached hydrogen (secondary N) is 1. The molecule has 0 unspecified atom stereocenters. The highest BCUT2D eigenvalue weighted by Crippen LogP contribution is 2.47. The molecule has 1 N–H and O–H groups in total. The van der Waals surface area contributed by atoms with Crippen LogP contribution in [0.3, 0.4) is 0 Å². The van der Waals surface area contributed by atoms with Gasteiger partial charge in [0.15, 0.2) is 18.3 Å². The fraction of sp³-hybridized carbons (Fsp3) is 0.720. The lowest BCUT2D eigenvalue weighted by atomic mass is 9.89. The van der Waals surface area contributed by atoms with Gasteiger partial charge in [0.1, 0.15) is 6.61 Å². The zero-order chi connectivity index (χ0) is 33.6. The number of amides is 1. The number of carbonyl (C=O) groups is 5. The first kappa shape index (κ1) is 36.6. The second-order valence-corrected chi connectivity index (χ2v) is 9.86. The fourth-order valence-electron chi connectivity index (χ4n) is 4.63. The van der Waals surface area contributed by atoms with Crippen molar-refractivity contribution in [2.45, 2.75) is 88.5 Å². The van der Waals surface area contributed by atoms with Gasteiger partial charge >= 0.3 is 41.9 Å². The largest absolute Gasteiger partial charge is 0.477 e. The number of hydrogen-bond acceptors (Lipinski definition) is 11. The van der Waals surface area contributed by atoms with E-state index < -0.39 is 90.6 Å². The summed E-state index contributed by atoms with van der Waals surface area (Å²) in [5.41, 5.74) is 0. The molecule has 0 aromatic rings. The number of esters is 4. The monoisotopic (exact) mass is 652 g/mol. The Kier molecular flexibility index (Phi) is 12.0. The SMILES string of the molecule is COC(=O)C1=C[C@H](N2CCCCC2)[C@@H](NC(=O)C(F)(F)C(F)(F)C(F)(F)F)[C@H]([C@H](OC(C)=O)[C@@H](COC(C)=O)OC(C)=O)O1. The molecule has 44 heavy (non-hydrogen) atoms. The molecule has 0 spiro atoms. The quantitative estimate of drug-likeness (QED) is 0.199. The van der Waals surface area contributed by atoms with E-state index in [9.17, 15) is 54.7 Å². The molecule has 0 radical (unpaired) electrons. The maximum atomic E-state index is 14.5. The normalized spacial score (nSPS) is 22.8. The Bertz CT molecular complexity index is 1130. The standard InChI is InChI=1S/C25H31F7N2O10/c1-12(35)41-11-17(42-13(2)36)19(43-14(3)37)20-18(33-22(39)23(26,27)24(28,29)25(30,31)32)15(34-8-6-5-7-9-34)10-16(44-20)21(38)40-4/h10,15,17-20H,5-9,11H2,1-4H3,(H,33,39)/t15-,17+,18+,19+,20+/m0/s1. The molecule has 0 saturated carbocycles. The van der Waals surface area contributed by atoms with Crippen LogP contribution in [-0.2, 0) is 47.7 Å². The summed E-state index contributed by atoms with van der Waals surface area (Å²) >= 11 is 0. The van der Waals surface area contributed by atoms with E-state index in [4.69, 9.17) is 18.9 Å². The number of alkyl halides is 7. The molecule has 0 aromatic heterocycles. The van der Waals surface area contributed by atoms with Gasteiger partial charge in [-0.3, -0.25) is 24.1 Å². The van der Waals surface area contributed by atoms with E-state index in [1.807, 2.05) is 0 Å². The second-order valence-electron chi connectivity index (χ2n) is 9.86. The first-order chi connectivity index (χ1) is 20.2. The highest BCUT2D eigenvalue weighted by atomic mass is 19.4. The van der Waals surface area contributed by atoms with Crippen molar-refractivity contribution in [2.75, 3.05) is 26.8 Å². The Morgan fingerprint density at radius 3 is 1.98 bits per heavy atom. The van der Waals surface area contributed by atoms with E-state index in [1.54, 1.807) is 0 Å². The summed E-state index contributed by atoms with van der Waals surface area (Å²) in [5.74, 6) is -21.3. The first-order valence-corrected chi connectivity index (χ1v) is 13.1. The zero-order valence-corrected chi connectivity index (χ0v) is 23.9. The Morgan fingerprint density at radius 2 is 1.50 bits per heavy atom. The molecule has 1 fully saturated rings. The van der Waals surface area contributed by atoms with Gasteiger partial charge in [-0.15, -0.1) is 0 Å². The van der Waals surface area contributed by atoms with E-state index >= 15 is 0 Å². The van der Waals surface area contributed by atoms with Crippen molar-refractivity contribution in [1.29, 1.82) is 0 Å². The summed E-state index contributed by atoms with van der Waals surface area (Å²) in [6.07, 6.45) is -10.2. The minimum absolute atomic E-state index is 0.170. The summed E-state index contributed by atoms with van der Waals surface area (Å²) in [6.45, 7) is 2.12. The predicted molar refractivity (Wildman–Crippen MR) is 130 cm³/mol. The van der Waals surface area contributed by atoms with Crippen LogP contribution >= 0.6 is 0 Å². The molecule has 5 atom stereocenters. The Labute approximate surface area is 246 Å². The fourth-order valence-corrected chi connectivity index (χ4v) is 4.63. The molecule has 2 aliphatic rings. The number of ether oxygens (including phenoxy) is 5. The molecule has 1 amide bonds. The molecular formula is C25H31F7N2O10. The summed E-state index contributed by atoms with van der Waals surface area (Å²) in [7, 11) is 0.928. The van der Waals surface area contributed by atoms with Crippen LogP contribution in [0.1, 0.15) is 40.0 Å². The molecule has 0 aromatic carbocycles. The zero-order valence-electron chi connectivity index (χ0n) is 23.9. The number of carbonyl (C=O) groups excluding carboxylic acids is 5. The lowest BCUT2D eigenvalue weighted by Gasteiger charge is -2.46. The summed E-state index contributed by atoms with van der Waals surface area (Å²) in [5, 5.41) is 1.47. The average molecular weight is 653 g/mol. The average Bonchev–Trinajstić information content (AvgIpc) is 2.93. The lowest BCUT2D eigenvalue weighted by Crippen LogP contribution is -2.68. The lowest BCUT2D eigenvalue weighted by molar-refractivity contribution is -0.344. The minimum atomic E-state index is -6.84. The van der Waals surface area contributed by atoms with Crippen molar-refractivity contribution in [1.82, 2.24) is 10.2 Å². The number of likely N-dealkylation sites (tertiary alicyclic amines) is 1. The highest BCUT2D eigenvalue weighted by Gasteiger charge is 2.76. The van der Waals surface area contributed by atoms with Crippen LogP contribution in [-0.4, -0.2) is 110 Å². The topological polar surface area (TPSA) is 147 Å². The van der Waals surface area contributed by atoms with Crippen LogP contribution in [0.4, 0.5) is 30.7 Å². The van der Waals surface area contributed by atoms with Gasteiger partial charge in [0.2, 0.25) is 5.76 Å². The van der Waals surface area contributed by atoms with Crippen LogP contribution in [0, 0.1) is 0 Å². The summed E-state index contributed by atoms with van der Waals surface area (Å²) in [4.78, 5) is 62.2. The van der Waals surface area contributed by atoms with E-state index in [2.05, 4.69) is 4.74 Å². The van der Waals surface area contributed by atoms with Gasteiger partial charge in [0, 0.05) is 20.8 Å². The molecular weight excluding hydrogens is 621 g/mol. The molecule has 2 heterocycles. The number of nitrogens with zero attached hydrogens (tertiary/aromatic N) is 1. The molecule has 0 aliphatic carbocycles.